The van der Waals surface area contributed by atoms with Crippen LogP contribution in [0.25, 0.3) is 0 Å². The van der Waals surface area contributed by atoms with Crippen LogP contribution in [0.15, 0.2) is 52.5 Å². The van der Waals surface area contributed by atoms with E-state index in [0.717, 1.165) is 31.9 Å². The molecule has 9 nitrogen and oxygen atoms in total. The van der Waals surface area contributed by atoms with Crippen molar-refractivity contribution in [1.82, 2.24) is 25.9 Å². The van der Waals surface area contributed by atoms with Crippen LogP contribution in [0.1, 0.15) is 41.7 Å². The number of aromatic nitrogens is 2. The molecular weight excluding hydrogens is 382 g/mol. The Morgan fingerprint density at radius 1 is 1.33 bits per heavy atom. The van der Waals surface area contributed by atoms with Crippen molar-refractivity contribution in [2.45, 2.75) is 37.1 Å². The fraction of sp³-hybridized carbons (Fsp3) is 0.381. The zero-order valence-corrected chi connectivity index (χ0v) is 16.8. The first kappa shape index (κ1) is 21.0. The van der Waals surface area contributed by atoms with Gasteiger partial charge >= 0.3 is 0 Å². The van der Waals surface area contributed by atoms with Gasteiger partial charge in [-0.15, -0.1) is 0 Å². The molecule has 0 spiro atoms. The van der Waals surface area contributed by atoms with E-state index in [1.165, 1.54) is 11.8 Å². The molecular formula is C21H25N7O2. The summed E-state index contributed by atoms with van der Waals surface area (Å²) in [5, 5.41) is 17.6. The second kappa shape index (κ2) is 9.69. The Bertz CT molecular complexity index is 966. The molecule has 0 bridgehead atoms. The lowest BCUT2D eigenvalue weighted by Crippen LogP contribution is -2.49. The molecule has 9 heteroatoms. The molecule has 1 amide bonds. The summed E-state index contributed by atoms with van der Waals surface area (Å²) in [4.78, 5) is 34.1. The van der Waals surface area contributed by atoms with E-state index in [-0.39, 0.29) is 28.6 Å². The number of aromatic amines is 1. The number of nitrogens with zero attached hydrogens (tertiary/aromatic N) is 3. The van der Waals surface area contributed by atoms with Crippen molar-refractivity contribution in [3.05, 3.63) is 64.3 Å². The highest BCUT2D eigenvalue weighted by molar-refractivity contribution is 5.91. The number of guanidine groups is 1. The second-order valence-electron chi connectivity index (χ2n) is 7.35. The zero-order chi connectivity index (χ0) is 21.4. The lowest BCUT2D eigenvalue weighted by Gasteiger charge is -2.41. The van der Waals surface area contributed by atoms with Crippen LogP contribution in [-0.4, -0.2) is 41.5 Å². The minimum Gasteiger partial charge on any atom is -0.353 e. The molecule has 2 aromatic rings. The molecule has 156 valence electrons. The van der Waals surface area contributed by atoms with Gasteiger partial charge in [-0.2, -0.15) is 5.26 Å². The van der Waals surface area contributed by atoms with E-state index in [1.54, 1.807) is 7.05 Å². The standard InChI is InChI=1S/C21H25N7O2/c1-23-20(27-14-22)28-16-7-9-21(10-8-16,15-5-3-2-4-6-15)13-26-19(30)17-11-25-18(29)12-24-17/h2-6,11-12,16H,7-10,13H2,1H3,(H,25,29)(H,26,30)(H2,23,27,28). The van der Waals surface area contributed by atoms with Crippen molar-refractivity contribution in [2.75, 3.05) is 13.6 Å². The number of carbonyl (C=O) groups excluding carboxylic acids is 1. The third-order valence-electron chi connectivity index (χ3n) is 5.56. The molecule has 0 radical (unpaired) electrons. The van der Waals surface area contributed by atoms with E-state index in [4.69, 9.17) is 5.26 Å². The molecule has 1 saturated carbocycles. The molecule has 30 heavy (non-hydrogen) atoms. The van der Waals surface area contributed by atoms with Gasteiger partial charge in [-0.1, -0.05) is 30.3 Å². The maximum Gasteiger partial charge on any atom is 0.271 e. The van der Waals surface area contributed by atoms with Crippen LogP contribution in [0.5, 0.6) is 0 Å². The van der Waals surface area contributed by atoms with E-state index in [0.29, 0.717) is 12.5 Å². The molecule has 1 heterocycles. The molecule has 1 fully saturated rings. The molecule has 0 unspecified atom stereocenters. The first-order valence-corrected chi connectivity index (χ1v) is 9.83. The lowest BCUT2D eigenvalue weighted by atomic mass is 9.68. The van der Waals surface area contributed by atoms with Crippen LogP contribution >= 0.6 is 0 Å². The SMILES string of the molecule is CN=C(NC#N)NC1CCC(CNC(=O)c2c[nH]c(=O)cn2)(c2ccccc2)CC1. The molecule has 1 aliphatic rings. The normalized spacial score (nSPS) is 21.3. The second-order valence-corrected chi connectivity index (χ2v) is 7.35. The van der Waals surface area contributed by atoms with Crippen LogP contribution < -0.4 is 21.5 Å². The Labute approximate surface area is 174 Å². The van der Waals surface area contributed by atoms with Gasteiger partial charge in [-0.05, 0) is 31.2 Å². The predicted molar refractivity (Wildman–Crippen MR) is 113 cm³/mol. The summed E-state index contributed by atoms with van der Waals surface area (Å²) >= 11 is 0. The maximum atomic E-state index is 12.5. The fourth-order valence-electron chi connectivity index (χ4n) is 3.88. The van der Waals surface area contributed by atoms with Crippen LogP contribution in [-0.2, 0) is 5.41 Å². The minimum absolute atomic E-state index is 0.180. The number of nitrogens with one attached hydrogen (secondary N) is 4. The molecule has 1 aromatic carbocycles. The monoisotopic (exact) mass is 407 g/mol. The Morgan fingerprint density at radius 2 is 2.07 bits per heavy atom. The smallest absolute Gasteiger partial charge is 0.271 e. The number of hydrogen-bond donors (Lipinski definition) is 4. The van der Waals surface area contributed by atoms with Gasteiger partial charge in [0, 0.05) is 31.2 Å². The number of aliphatic imine (C=N–C) groups is 1. The summed E-state index contributed by atoms with van der Waals surface area (Å²) in [6.45, 7) is 0.467. The van der Waals surface area contributed by atoms with Gasteiger partial charge in [0.1, 0.15) is 5.69 Å². The zero-order valence-electron chi connectivity index (χ0n) is 16.8. The van der Waals surface area contributed by atoms with E-state index in [9.17, 15) is 9.59 Å². The molecule has 1 aromatic heterocycles. The van der Waals surface area contributed by atoms with Crippen molar-refractivity contribution in [2.24, 2.45) is 4.99 Å². The van der Waals surface area contributed by atoms with Crippen LogP contribution in [0.4, 0.5) is 0 Å². The average molecular weight is 407 g/mol. The van der Waals surface area contributed by atoms with Gasteiger partial charge in [0.25, 0.3) is 11.5 Å². The van der Waals surface area contributed by atoms with Crippen LogP contribution in [0.3, 0.4) is 0 Å². The highest BCUT2D eigenvalue weighted by Crippen LogP contribution is 2.39. The summed E-state index contributed by atoms with van der Waals surface area (Å²) in [5.41, 5.74) is 0.806. The Kier molecular flexibility index (Phi) is 6.80. The molecule has 4 N–H and O–H groups in total. The molecule has 0 aliphatic heterocycles. The van der Waals surface area contributed by atoms with Gasteiger partial charge in [0.15, 0.2) is 6.19 Å². The Morgan fingerprint density at radius 3 is 2.67 bits per heavy atom. The number of hydrogen-bond acceptors (Lipinski definition) is 5. The van der Waals surface area contributed by atoms with Gasteiger partial charge in [0.2, 0.25) is 5.96 Å². The van der Waals surface area contributed by atoms with Gasteiger partial charge in [-0.3, -0.25) is 19.9 Å². The predicted octanol–water partition coefficient (Wildman–Crippen LogP) is 1.03. The molecule has 3 rings (SSSR count). The highest BCUT2D eigenvalue weighted by Gasteiger charge is 2.37. The van der Waals surface area contributed by atoms with Crippen molar-refractivity contribution in [3.8, 4) is 6.19 Å². The lowest BCUT2D eigenvalue weighted by molar-refractivity contribution is 0.0929. The summed E-state index contributed by atoms with van der Waals surface area (Å²) in [5.74, 6) is 0.146. The van der Waals surface area contributed by atoms with E-state index in [2.05, 4.69) is 43.0 Å². The Hall–Kier alpha value is -3.67. The van der Waals surface area contributed by atoms with Gasteiger partial charge in [0.05, 0.1) is 6.20 Å². The van der Waals surface area contributed by atoms with Gasteiger partial charge in [-0.25, -0.2) is 4.98 Å². The quantitative estimate of drug-likeness (QED) is 0.253. The van der Waals surface area contributed by atoms with Crippen molar-refractivity contribution >= 4 is 11.9 Å². The number of benzene rings is 1. The van der Waals surface area contributed by atoms with Crippen molar-refractivity contribution in [1.29, 1.82) is 5.26 Å². The first-order valence-electron chi connectivity index (χ1n) is 9.83. The van der Waals surface area contributed by atoms with E-state index < -0.39 is 0 Å². The minimum atomic E-state index is -0.348. The van der Waals surface area contributed by atoms with E-state index in [1.807, 2.05) is 24.4 Å². The topological polar surface area (TPSA) is 135 Å². The fourth-order valence-corrected chi connectivity index (χ4v) is 3.88. The van der Waals surface area contributed by atoms with Crippen LogP contribution in [0.2, 0.25) is 0 Å². The van der Waals surface area contributed by atoms with Crippen molar-refractivity contribution < 1.29 is 4.79 Å². The van der Waals surface area contributed by atoms with Crippen molar-refractivity contribution in [3.63, 3.8) is 0 Å². The summed E-state index contributed by atoms with van der Waals surface area (Å²) in [6, 6.07) is 10.4. The van der Waals surface area contributed by atoms with Gasteiger partial charge < -0.3 is 15.6 Å². The summed E-state index contributed by atoms with van der Waals surface area (Å²) in [7, 11) is 1.63. The summed E-state index contributed by atoms with van der Waals surface area (Å²) < 4.78 is 0. The molecule has 1 aliphatic carbocycles. The molecule has 0 atom stereocenters. The Balaban J connectivity index is 1.71. The number of H-pyrrole nitrogens is 1. The number of nitriles is 1. The first-order chi connectivity index (χ1) is 14.6. The summed E-state index contributed by atoms with van der Waals surface area (Å²) in [6.07, 6.45) is 7.76. The third kappa shape index (κ3) is 5.03. The largest absolute Gasteiger partial charge is 0.353 e. The van der Waals surface area contributed by atoms with Crippen LogP contribution in [0, 0.1) is 11.5 Å². The molecule has 0 saturated heterocycles. The average Bonchev–Trinajstić information content (AvgIpc) is 2.79. The highest BCUT2D eigenvalue weighted by atomic mass is 16.2. The number of carbonyl (C=O) groups is 1. The maximum absolute atomic E-state index is 12.5. The number of amides is 1. The third-order valence-corrected chi connectivity index (χ3v) is 5.56. The van der Waals surface area contributed by atoms with E-state index >= 15 is 0 Å². The number of rotatable bonds is 5.